The molecule has 2 aromatic heterocycles. The molecule has 2 N–H and O–H groups in total. The Morgan fingerprint density at radius 2 is 1.84 bits per heavy atom. The second-order valence-electron chi connectivity index (χ2n) is 6.66. The van der Waals surface area contributed by atoms with E-state index >= 15 is 0 Å². The van der Waals surface area contributed by atoms with Crippen LogP contribution in [0.15, 0.2) is 30.5 Å². The summed E-state index contributed by atoms with van der Waals surface area (Å²) in [6, 6.07) is 6.16. The molecule has 1 aliphatic carbocycles. The van der Waals surface area contributed by atoms with E-state index in [0.717, 1.165) is 29.9 Å². The summed E-state index contributed by atoms with van der Waals surface area (Å²) >= 11 is 0. The Bertz CT molecular complexity index is 974. The number of rotatable bonds is 1. The number of nitrogens with one attached hydrogen (secondary N) is 2. The normalized spacial score (nSPS) is 15.9. The highest BCUT2D eigenvalue weighted by Crippen LogP contribution is 2.44. The fourth-order valence-electron chi connectivity index (χ4n) is 3.85. The molecule has 1 fully saturated rings. The Morgan fingerprint density at radius 1 is 1.04 bits per heavy atom. The molecule has 0 bridgehead atoms. The number of H-pyrrole nitrogens is 1. The lowest BCUT2D eigenvalue weighted by Gasteiger charge is -2.10. The van der Waals surface area contributed by atoms with Gasteiger partial charge in [0.15, 0.2) is 11.6 Å². The van der Waals surface area contributed by atoms with E-state index in [9.17, 15) is 8.78 Å². The minimum Gasteiger partial charge on any atom is -0.341 e. The molecule has 6 heteroatoms. The van der Waals surface area contributed by atoms with Gasteiger partial charge < -0.3 is 10.3 Å². The van der Waals surface area contributed by atoms with Crippen LogP contribution in [0.5, 0.6) is 0 Å². The van der Waals surface area contributed by atoms with Crippen molar-refractivity contribution in [2.75, 3.05) is 5.32 Å². The van der Waals surface area contributed by atoms with Crippen molar-refractivity contribution in [3.63, 3.8) is 0 Å². The van der Waals surface area contributed by atoms with Crippen molar-refractivity contribution in [1.82, 2.24) is 15.0 Å². The zero-order chi connectivity index (χ0) is 17.0. The number of pyridine rings is 1. The molecule has 5 rings (SSSR count). The van der Waals surface area contributed by atoms with E-state index in [-0.39, 0.29) is 0 Å². The number of anilines is 2. The molecule has 0 unspecified atom stereocenters. The molecule has 0 radical (unpaired) electrons. The van der Waals surface area contributed by atoms with Crippen molar-refractivity contribution in [1.29, 1.82) is 0 Å². The van der Waals surface area contributed by atoms with E-state index in [1.807, 2.05) is 12.1 Å². The first-order valence-electron chi connectivity index (χ1n) is 8.52. The lowest BCUT2D eigenvalue weighted by atomic mass is 10.1. The van der Waals surface area contributed by atoms with E-state index in [0.29, 0.717) is 28.7 Å². The number of aromatic amines is 1. The van der Waals surface area contributed by atoms with Crippen molar-refractivity contribution < 1.29 is 8.78 Å². The molecule has 1 aliphatic heterocycles. The molecule has 3 aromatic rings. The predicted octanol–water partition coefficient (Wildman–Crippen LogP) is 5.13. The van der Waals surface area contributed by atoms with E-state index < -0.39 is 11.6 Å². The van der Waals surface area contributed by atoms with Crippen LogP contribution < -0.4 is 5.32 Å². The zero-order valence-corrected chi connectivity index (χ0v) is 13.4. The lowest BCUT2D eigenvalue weighted by Crippen LogP contribution is -1.99. The van der Waals surface area contributed by atoms with Crippen molar-refractivity contribution >= 4 is 11.5 Å². The SMILES string of the molecule is Fc1cc2c(cc1F)-c1nc(C3CCCC3)[nH]c1-c1cccnc1N2. The van der Waals surface area contributed by atoms with Crippen molar-refractivity contribution in [2.24, 2.45) is 0 Å². The van der Waals surface area contributed by atoms with Crippen LogP contribution in [0, 0.1) is 11.6 Å². The predicted molar refractivity (Wildman–Crippen MR) is 91.7 cm³/mol. The molecule has 3 heterocycles. The smallest absolute Gasteiger partial charge is 0.160 e. The van der Waals surface area contributed by atoms with Gasteiger partial charge in [-0.2, -0.15) is 0 Å². The summed E-state index contributed by atoms with van der Waals surface area (Å²) in [6.07, 6.45) is 6.29. The van der Waals surface area contributed by atoms with Crippen LogP contribution in [0.4, 0.5) is 20.3 Å². The number of benzene rings is 1. The zero-order valence-electron chi connectivity index (χ0n) is 13.4. The van der Waals surface area contributed by atoms with Crippen molar-refractivity contribution in [3.05, 3.63) is 47.9 Å². The topological polar surface area (TPSA) is 53.6 Å². The van der Waals surface area contributed by atoms with Gasteiger partial charge in [-0.1, -0.05) is 12.8 Å². The number of aromatic nitrogens is 3. The highest BCUT2D eigenvalue weighted by Gasteiger charge is 2.28. The van der Waals surface area contributed by atoms with Crippen LogP contribution in [0.25, 0.3) is 22.5 Å². The Hall–Kier alpha value is -2.76. The van der Waals surface area contributed by atoms with Crippen molar-refractivity contribution in [2.45, 2.75) is 31.6 Å². The second kappa shape index (κ2) is 5.37. The first-order chi connectivity index (χ1) is 12.2. The van der Waals surface area contributed by atoms with E-state index in [1.54, 1.807) is 6.20 Å². The number of fused-ring (bicyclic) bond motifs is 5. The summed E-state index contributed by atoms with van der Waals surface area (Å²) in [5.74, 6) is 0.160. The molecule has 1 aromatic carbocycles. The number of hydrogen-bond acceptors (Lipinski definition) is 3. The molecule has 0 saturated heterocycles. The van der Waals surface area contributed by atoms with Gasteiger partial charge >= 0.3 is 0 Å². The molecular weight excluding hydrogens is 322 g/mol. The molecule has 4 nitrogen and oxygen atoms in total. The third kappa shape index (κ3) is 2.24. The number of halogens is 2. The molecule has 1 saturated carbocycles. The van der Waals surface area contributed by atoms with Crippen LogP contribution in [-0.2, 0) is 0 Å². The van der Waals surface area contributed by atoms with Crippen molar-refractivity contribution in [3.8, 4) is 22.5 Å². The van der Waals surface area contributed by atoms with Gasteiger partial charge in [-0.25, -0.2) is 18.7 Å². The quantitative estimate of drug-likeness (QED) is 0.506. The third-order valence-electron chi connectivity index (χ3n) is 5.11. The first-order valence-corrected chi connectivity index (χ1v) is 8.52. The average molecular weight is 338 g/mol. The largest absolute Gasteiger partial charge is 0.341 e. The summed E-state index contributed by atoms with van der Waals surface area (Å²) in [5, 5.41) is 3.12. The third-order valence-corrected chi connectivity index (χ3v) is 5.11. The highest BCUT2D eigenvalue weighted by molar-refractivity contribution is 5.94. The van der Waals surface area contributed by atoms with Gasteiger partial charge in [-0.05, 0) is 31.0 Å². The van der Waals surface area contributed by atoms with E-state index in [2.05, 4.69) is 15.3 Å². The van der Waals surface area contributed by atoms with Gasteiger partial charge in [0.05, 0.1) is 17.1 Å². The summed E-state index contributed by atoms with van der Waals surface area (Å²) in [4.78, 5) is 12.6. The maximum absolute atomic E-state index is 13.9. The number of hydrogen-bond donors (Lipinski definition) is 2. The van der Waals surface area contributed by atoms with E-state index in [1.165, 1.54) is 25.0 Å². The van der Waals surface area contributed by atoms with Gasteiger partial charge in [-0.3, -0.25) is 0 Å². The second-order valence-corrected chi connectivity index (χ2v) is 6.66. The Labute approximate surface area is 143 Å². The van der Waals surface area contributed by atoms with Crippen LogP contribution in [0.1, 0.15) is 37.4 Å². The van der Waals surface area contributed by atoms with Gasteiger partial charge in [0.1, 0.15) is 11.6 Å². The van der Waals surface area contributed by atoms with Gasteiger partial charge in [0.25, 0.3) is 0 Å². The summed E-state index contributed by atoms with van der Waals surface area (Å²) in [5.41, 5.74) is 3.33. The Kier molecular flexibility index (Phi) is 3.13. The Balaban J connectivity index is 1.78. The number of nitrogens with zero attached hydrogens (tertiary/aromatic N) is 2. The maximum atomic E-state index is 13.9. The monoisotopic (exact) mass is 338 g/mol. The van der Waals surface area contributed by atoms with E-state index in [4.69, 9.17) is 4.98 Å². The number of imidazole rings is 1. The molecule has 25 heavy (non-hydrogen) atoms. The maximum Gasteiger partial charge on any atom is 0.160 e. The fourth-order valence-corrected chi connectivity index (χ4v) is 3.85. The van der Waals surface area contributed by atoms with Crippen LogP contribution in [-0.4, -0.2) is 15.0 Å². The van der Waals surface area contributed by atoms with Crippen LogP contribution in [0.3, 0.4) is 0 Å². The first kappa shape index (κ1) is 14.6. The standard InChI is InChI=1S/C19H16F2N4/c20-13-8-12-15(9-14(13)21)23-19-11(6-3-7-22-19)16-17(12)25-18(24-16)10-4-1-2-5-10/h3,6-10H,1-2,4-5H2,(H,22,23)(H,24,25). The average Bonchev–Trinajstić information content (AvgIpc) is 3.26. The molecule has 2 aliphatic rings. The van der Waals surface area contributed by atoms with Crippen LogP contribution in [0.2, 0.25) is 0 Å². The fraction of sp³-hybridized carbons (Fsp3) is 0.263. The van der Waals surface area contributed by atoms with Crippen LogP contribution >= 0.6 is 0 Å². The molecule has 0 amide bonds. The van der Waals surface area contributed by atoms with Gasteiger partial charge in [0, 0.05) is 29.3 Å². The summed E-state index contributed by atoms with van der Waals surface area (Å²) < 4.78 is 27.7. The molecular formula is C19H16F2N4. The molecule has 0 atom stereocenters. The van der Waals surface area contributed by atoms with Gasteiger partial charge in [-0.15, -0.1) is 0 Å². The molecule has 0 spiro atoms. The minimum absolute atomic E-state index is 0.397. The molecule has 126 valence electrons. The highest BCUT2D eigenvalue weighted by atomic mass is 19.2. The summed E-state index contributed by atoms with van der Waals surface area (Å²) in [6.45, 7) is 0. The van der Waals surface area contributed by atoms with Gasteiger partial charge in [0.2, 0.25) is 0 Å². The summed E-state index contributed by atoms with van der Waals surface area (Å²) in [7, 11) is 0. The lowest BCUT2D eigenvalue weighted by molar-refractivity contribution is 0.509. The Morgan fingerprint density at radius 3 is 2.68 bits per heavy atom. The minimum atomic E-state index is -0.890.